The molecule has 1 saturated heterocycles. The van der Waals surface area contributed by atoms with E-state index >= 15 is 0 Å². The molecule has 182 valence electrons. The molecule has 0 saturated carbocycles. The Bertz CT molecular complexity index is 1150. The molecule has 0 bridgehead atoms. The average Bonchev–Trinajstić information content (AvgIpc) is 2.82. The number of hydrogen-bond acceptors (Lipinski definition) is 5. The first kappa shape index (κ1) is 24.4. The quantitative estimate of drug-likeness (QED) is 0.602. The van der Waals surface area contributed by atoms with Crippen LogP contribution in [0.1, 0.15) is 49.5 Å². The minimum Gasteiger partial charge on any atom is -0.449 e. The summed E-state index contributed by atoms with van der Waals surface area (Å²) in [6, 6.07) is 13.5. The van der Waals surface area contributed by atoms with Gasteiger partial charge in [0.15, 0.2) is 6.10 Å². The molecule has 8 heteroatoms. The van der Waals surface area contributed by atoms with Crippen LogP contribution in [-0.2, 0) is 26.0 Å². The Morgan fingerprint density at radius 2 is 1.65 bits per heavy atom. The molecule has 3 atom stereocenters. The molecule has 1 fully saturated rings. The summed E-state index contributed by atoms with van der Waals surface area (Å²) in [6.07, 6.45) is 1.82. The highest BCUT2D eigenvalue weighted by Gasteiger charge is 2.32. The van der Waals surface area contributed by atoms with Gasteiger partial charge in [0.1, 0.15) is 0 Å². The van der Waals surface area contributed by atoms with Gasteiger partial charge >= 0.3 is 5.97 Å². The van der Waals surface area contributed by atoms with E-state index in [0.29, 0.717) is 31.5 Å². The molecular weight excluding hydrogens is 452 g/mol. The van der Waals surface area contributed by atoms with E-state index < -0.39 is 22.1 Å². The number of anilines is 1. The zero-order valence-corrected chi connectivity index (χ0v) is 20.8. The summed E-state index contributed by atoms with van der Waals surface area (Å²) in [5.41, 5.74) is 2.17. The first-order chi connectivity index (χ1) is 16.2. The third kappa shape index (κ3) is 5.03. The molecule has 0 unspecified atom stereocenters. The lowest BCUT2D eigenvalue weighted by Crippen LogP contribution is -2.42. The van der Waals surface area contributed by atoms with Gasteiger partial charge in [0.05, 0.1) is 10.5 Å². The van der Waals surface area contributed by atoms with Gasteiger partial charge in [0, 0.05) is 25.3 Å². The number of rotatable bonds is 5. The van der Waals surface area contributed by atoms with Gasteiger partial charge in [-0.15, -0.1) is 0 Å². The number of piperidine rings is 1. The van der Waals surface area contributed by atoms with E-state index in [1.165, 1.54) is 28.6 Å². The van der Waals surface area contributed by atoms with Crippen LogP contribution in [-0.4, -0.2) is 50.3 Å². The molecule has 2 aliphatic heterocycles. The van der Waals surface area contributed by atoms with Crippen LogP contribution in [0.15, 0.2) is 53.4 Å². The minimum absolute atomic E-state index is 0.152. The van der Waals surface area contributed by atoms with Gasteiger partial charge in [-0.05, 0) is 73.9 Å². The van der Waals surface area contributed by atoms with Gasteiger partial charge in [0.25, 0.3) is 5.91 Å². The van der Waals surface area contributed by atoms with Crippen LogP contribution >= 0.6 is 0 Å². The number of amides is 1. The van der Waals surface area contributed by atoms with Crippen molar-refractivity contribution in [1.29, 1.82) is 0 Å². The molecule has 2 aromatic carbocycles. The number of nitrogens with zero attached hydrogens (tertiary/aromatic N) is 2. The number of esters is 1. The van der Waals surface area contributed by atoms with E-state index in [2.05, 4.69) is 13.8 Å². The molecule has 4 rings (SSSR count). The lowest BCUT2D eigenvalue weighted by Gasteiger charge is -2.34. The Balaban J connectivity index is 1.43. The van der Waals surface area contributed by atoms with Crippen molar-refractivity contribution in [2.45, 2.75) is 51.0 Å². The van der Waals surface area contributed by atoms with Gasteiger partial charge in [-0.2, -0.15) is 4.31 Å². The summed E-state index contributed by atoms with van der Waals surface area (Å²) in [5, 5.41) is 0. The summed E-state index contributed by atoms with van der Waals surface area (Å²) in [7, 11) is -3.63. The molecular formula is C26H32N2O5S. The topological polar surface area (TPSA) is 84.0 Å². The van der Waals surface area contributed by atoms with Crippen molar-refractivity contribution >= 4 is 27.6 Å². The van der Waals surface area contributed by atoms with Gasteiger partial charge in [-0.25, -0.2) is 13.2 Å². The Kier molecular flexibility index (Phi) is 7.09. The van der Waals surface area contributed by atoms with Crippen LogP contribution in [0.3, 0.4) is 0 Å². The van der Waals surface area contributed by atoms with Crippen LogP contribution in [0.25, 0.3) is 0 Å². The maximum Gasteiger partial charge on any atom is 0.338 e. The Morgan fingerprint density at radius 3 is 2.32 bits per heavy atom. The first-order valence-corrected chi connectivity index (χ1v) is 13.3. The Hall–Kier alpha value is -2.71. The second kappa shape index (κ2) is 9.88. The molecule has 2 heterocycles. The number of para-hydroxylation sites is 1. The number of carbonyl (C=O) groups is 2. The van der Waals surface area contributed by atoms with Crippen molar-refractivity contribution in [3.05, 3.63) is 59.7 Å². The SMILES string of the molecule is C[C@@H]1C[C@H](C)CN(S(=O)(=O)c2ccc(C(=O)O[C@H](C)C(=O)N3CCCc4ccccc43)cc2)C1. The number of sulfonamides is 1. The van der Waals surface area contributed by atoms with Crippen LogP contribution < -0.4 is 4.90 Å². The van der Waals surface area contributed by atoms with E-state index in [9.17, 15) is 18.0 Å². The van der Waals surface area contributed by atoms with Crippen LogP contribution in [0, 0.1) is 11.8 Å². The number of aryl methyl sites for hydroxylation is 1. The molecule has 0 radical (unpaired) electrons. The van der Waals surface area contributed by atoms with Gasteiger partial charge in [0.2, 0.25) is 10.0 Å². The minimum atomic E-state index is -3.63. The van der Waals surface area contributed by atoms with Crippen molar-refractivity contribution in [2.75, 3.05) is 24.5 Å². The zero-order valence-electron chi connectivity index (χ0n) is 19.9. The standard InChI is InChI=1S/C26H32N2O5S/c1-18-15-19(2)17-27(16-18)34(31,32)23-12-10-22(11-13-23)26(30)33-20(3)25(29)28-14-6-8-21-7-4-5-9-24(21)28/h4-5,7,9-13,18-20H,6,8,14-17H2,1-3H3/t18-,19+,20-/m1/s1. The highest BCUT2D eigenvalue weighted by molar-refractivity contribution is 7.89. The summed E-state index contributed by atoms with van der Waals surface area (Å²) in [4.78, 5) is 27.5. The number of fused-ring (bicyclic) bond motifs is 1. The molecule has 2 aromatic rings. The van der Waals surface area contributed by atoms with Crippen LogP contribution in [0.4, 0.5) is 5.69 Å². The molecule has 1 amide bonds. The Morgan fingerprint density at radius 1 is 1.00 bits per heavy atom. The fourth-order valence-corrected chi connectivity index (χ4v) is 6.65. The fourth-order valence-electron chi connectivity index (χ4n) is 4.98. The molecule has 2 aliphatic rings. The van der Waals surface area contributed by atoms with Crippen LogP contribution in [0.5, 0.6) is 0 Å². The summed E-state index contributed by atoms with van der Waals surface area (Å²) >= 11 is 0. The van der Waals surface area contributed by atoms with Gasteiger partial charge in [-0.3, -0.25) is 4.79 Å². The summed E-state index contributed by atoms with van der Waals surface area (Å²) in [5.74, 6) is -0.319. The first-order valence-electron chi connectivity index (χ1n) is 11.9. The van der Waals surface area contributed by atoms with E-state index in [4.69, 9.17) is 4.74 Å². The maximum atomic E-state index is 13.1. The van der Waals surface area contributed by atoms with Crippen molar-refractivity contribution in [1.82, 2.24) is 4.31 Å². The molecule has 0 aliphatic carbocycles. The zero-order chi connectivity index (χ0) is 24.5. The van der Waals surface area contributed by atoms with Crippen molar-refractivity contribution in [3.8, 4) is 0 Å². The van der Waals surface area contributed by atoms with Crippen molar-refractivity contribution in [3.63, 3.8) is 0 Å². The van der Waals surface area contributed by atoms with Crippen LogP contribution in [0.2, 0.25) is 0 Å². The van der Waals surface area contributed by atoms with Gasteiger partial charge < -0.3 is 9.64 Å². The number of ether oxygens (including phenoxy) is 1. The molecule has 0 aromatic heterocycles. The third-order valence-corrected chi connectivity index (χ3v) is 8.42. The fraction of sp³-hybridized carbons (Fsp3) is 0.462. The highest BCUT2D eigenvalue weighted by atomic mass is 32.2. The second-order valence-corrected chi connectivity index (χ2v) is 11.5. The summed E-state index contributed by atoms with van der Waals surface area (Å²) in [6.45, 7) is 7.25. The van der Waals surface area contributed by atoms with E-state index in [1.807, 2.05) is 24.3 Å². The molecule has 34 heavy (non-hydrogen) atoms. The highest BCUT2D eigenvalue weighted by Crippen LogP contribution is 2.28. The molecule has 0 N–H and O–H groups in total. The predicted molar refractivity (Wildman–Crippen MR) is 130 cm³/mol. The maximum absolute atomic E-state index is 13.1. The smallest absolute Gasteiger partial charge is 0.338 e. The Labute approximate surface area is 201 Å². The van der Waals surface area contributed by atoms with Crippen molar-refractivity contribution in [2.24, 2.45) is 11.8 Å². The van der Waals surface area contributed by atoms with E-state index in [1.54, 1.807) is 11.8 Å². The summed E-state index contributed by atoms with van der Waals surface area (Å²) < 4.78 is 33.1. The van der Waals surface area contributed by atoms with E-state index in [0.717, 1.165) is 30.5 Å². The van der Waals surface area contributed by atoms with E-state index in [-0.39, 0.29) is 16.4 Å². The normalized spacial score (nSPS) is 22.0. The lowest BCUT2D eigenvalue weighted by atomic mass is 9.94. The number of benzene rings is 2. The monoisotopic (exact) mass is 484 g/mol. The van der Waals surface area contributed by atoms with Crippen molar-refractivity contribution < 1.29 is 22.7 Å². The lowest BCUT2D eigenvalue weighted by molar-refractivity contribution is -0.126. The predicted octanol–water partition coefficient (Wildman–Crippen LogP) is 3.88. The number of carbonyl (C=O) groups excluding carboxylic acids is 2. The number of hydrogen-bond donors (Lipinski definition) is 0. The molecule has 7 nitrogen and oxygen atoms in total. The second-order valence-electron chi connectivity index (χ2n) is 9.56. The third-order valence-electron chi connectivity index (χ3n) is 6.57. The molecule has 0 spiro atoms. The largest absolute Gasteiger partial charge is 0.449 e. The average molecular weight is 485 g/mol. The van der Waals surface area contributed by atoms with Gasteiger partial charge in [-0.1, -0.05) is 32.0 Å².